The molecule has 1 aliphatic rings. The molecule has 1 unspecified atom stereocenters. The topological polar surface area (TPSA) is 85.4 Å². The second-order valence-electron chi connectivity index (χ2n) is 6.97. The van der Waals surface area contributed by atoms with Crippen LogP contribution in [0.3, 0.4) is 0 Å². The second-order valence-corrected chi connectivity index (χ2v) is 11.2. The van der Waals surface area contributed by atoms with Crippen molar-refractivity contribution in [3.8, 4) is 5.75 Å². The number of halogens is 4. The number of aromatic nitrogens is 1. The number of benzene rings is 2. The zero-order chi connectivity index (χ0) is 23.0. The number of thiazole rings is 1. The Labute approximate surface area is 196 Å². The molecule has 0 saturated heterocycles. The highest BCUT2D eigenvalue weighted by Gasteiger charge is 2.38. The summed E-state index contributed by atoms with van der Waals surface area (Å²) in [5, 5.41) is 2.12. The molecule has 1 heterocycles. The van der Waals surface area contributed by atoms with Crippen LogP contribution in [0.1, 0.15) is 24.5 Å². The molecule has 1 atom stereocenters. The Morgan fingerprint density at radius 1 is 1.19 bits per heavy atom. The van der Waals surface area contributed by atoms with E-state index in [4.69, 9.17) is 27.9 Å². The van der Waals surface area contributed by atoms with Gasteiger partial charge >= 0.3 is 0 Å². The summed E-state index contributed by atoms with van der Waals surface area (Å²) in [7, 11) is -3.57. The van der Waals surface area contributed by atoms with Crippen LogP contribution in [-0.4, -0.2) is 24.6 Å². The molecule has 1 N–H and O–H groups in total. The summed E-state index contributed by atoms with van der Waals surface area (Å²) >= 11 is 13.1. The molecule has 6 nitrogen and oxygen atoms in total. The highest BCUT2D eigenvalue weighted by molar-refractivity contribution is 7.92. The van der Waals surface area contributed by atoms with Crippen LogP contribution < -0.4 is 10.1 Å². The van der Waals surface area contributed by atoms with E-state index in [-0.39, 0.29) is 26.4 Å². The molecule has 0 bridgehead atoms. The van der Waals surface area contributed by atoms with Crippen LogP contribution in [0.25, 0.3) is 0 Å². The maximum atomic E-state index is 14.2. The van der Waals surface area contributed by atoms with Gasteiger partial charge in [0.15, 0.2) is 26.5 Å². The number of hydrogen-bond donors (Lipinski definition) is 1. The first-order valence-electron chi connectivity index (χ1n) is 9.22. The quantitative estimate of drug-likeness (QED) is 0.451. The molecule has 0 aliphatic heterocycles. The van der Waals surface area contributed by atoms with E-state index in [1.165, 1.54) is 24.4 Å². The molecule has 1 saturated carbocycles. The number of carbonyl (C=O) groups excluding carboxylic acids is 1. The zero-order valence-corrected chi connectivity index (χ0v) is 19.2. The van der Waals surface area contributed by atoms with Crippen molar-refractivity contribution in [1.29, 1.82) is 0 Å². The first-order valence-corrected chi connectivity index (χ1v) is 12.3. The summed E-state index contributed by atoms with van der Waals surface area (Å²) in [5.74, 6) is -2.95. The Morgan fingerprint density at radius 2 is 1.94 bits per heavy atom. The summed E-state index contributed by atoms with van der Waals surface area (Å²) in [4.78, 5) is 16.8. The maximum Gasteiger partial charge on any atom is 0.271 e. The van der Waals surface area contributed by atoms with Gasteiger partial charge in [0.1, 0.15) is 10.2 Å². The van der Waals surface area contributed by atoms with E-state index >= 15 is 0 Å². The normalized spacial score (nSPS) is 14.8. The molecular weight excluding hydrogens is 505 g/mol. The molecule has 12 heteroatoms. The SMILES string of the molecule is O=C(Nc1ncc(Cl)s1)C(Oc1ccc(F)cc1F)c1ccc(S(=O)(=O)C2CC2)c(Cl)c1. The lowest BCUT2D eigenvalue weighted by atomic mass is 10.1. The summed E-state index contributed by atoms with van der Waals surface area (Å²) in [6.45, 7) is 0. The number of carbonyl (C=O) groups is 1. The van der Waals surface area contributed by atoms with Crippen molar-refractivity contribution in [2.24, 2.45) is 0 Å². The molecule has 0 radical (unpaired) electrons. The van der Waals surface area contributed by atoms with Gasteiger partial charge in [-0.05, 0) is 37.1 Å². The van der Waals surface area contributed by atoms with Gasteiger partial charge in [-0.2, -0.15) is 0 Å². The molecule has 0 spiro atoms. The average Bonchev–Trinajstić information content (AvgIpc) is 3.51. The zero-order valence-electron chi connectivity index (χ0n) is 16.0. The van der Waals surface area contributed by atoms with Crippen molar-refractivity contribution < 1.29 is 26.7 Å². The number of amides is 1. The minimum absolute atomic E-state index is 0.0516. The van der Waals surface area contributed by atoms with Crippen molar-refractivity contribution in [2.75, 3.05) is 5.32 Å². The average molecular weight is 519 g/mol. The first kappa shape index (κ1) is 22.9. The van der Waals surface area contributed by atoms with E-state index in [0.29, 0.717) is 23.2 Å². The molecule has 168 valence electrons. The predicted molar refractivity (Wildman–Crippen MR) is 117 cm³/mol. The lowest BCUT2D eigenvalue weighted by Crippen LogP contribution is -2.26. The fourth-order valence-corrected chi connectivity index (χ4v) is 5.95. The fourth-order valence-electron chi connectivity index (χ4n) is 2.92. The summed E-state index contributed by atoms with van der Waals surface area (Å²) in [6, 6.07) is 6.56. The monoisotopic (exact) mass is 518 g/mol. The molecule has 4 rings (SSSR count). The Morgan fingerprint density at radius 3 is 2.53 bits per heavy atom. The molecule has 1 aromatic heterocycles. The van der Waals surface area contributed by atoms with Gasteiger partial charge in [-0.25, -0.2) is 22.2 Å². The molecule has 1 amide bonds. The largest absolute Gasteiger partial charge is 0.473 e. The number of rotatable bonds is 7. The molecule has 32 heavy (non-hydrogen) atoms. The van der Waals surface area contributed by atoms with Crippen molar-refractivity contribution in [1.82, 2.24) is 4.98 Å². The van der Waals surface area contributed by atoms with E-state index in [0.717, 1.165) is 23.5 Å². The Balaban J connectivity index is 1.69. The van der Waals surface area contributed by atoms with Gasteiger partial charge < -0.3 is 4.74 Å². The third-order valence-electron chi connectivity index (χ3n) is 4.61. The molecule has 1 aliphatic carbocycles. The Bertz CT molecular complexity index is 1300. The van der Waals surface area contributed by atoms with Crippen LogP contribution in [0.2, 0.25) is 9.36 Å². The fraction of sp³-hybridized carbons (Fsp3) is 0.200. The standard InChI is InChI=1S/C20H14Cl2F2N2O4S2/c21-13-7-10(1-6-16(13)32(28,29)12-3-4-12)18(19(27)26-20-25-9-17(22)31-20)30-15-5-2-11(23)8-14(15)24/h1-2,5-9,12,18H,3-4H2,(H,25,26,27). The predicted octanol–water partition coefficient (Wildman–Crippen LogP) is 5.42. The second kappa shape index (κ2) is 8.93. The van der Waals surface area contributed by atoms with Gasteiger partial charge in [0, 0.05) is 11.6 Å². The van der Waals surface area contributed by atoms with Crippen LogP contribution in [0.4, 0.5) is 13.9 Å². The first-order chi connectivity index (χ1) is 15.1. The highest BCUT2D eigenvalue weighted by Crippen LogP contribution is 2.38. The molecule has 3 aromatic rings. The number of sulfone groups is 1. The van der Waals surface area contributed by atoms with Gasteiger partial charge in [0.25, 0.3) is 5.91 Å². The van der Waals surface area contributed by atoms with Gasteiger partial charge in [0.2, 0.25) is 6.10 Å². The lowest BCUT2D eigenvalue weighted by molar-refractivity contribution is -0.123. The number of hydrogen-bond acceptors (Lipinski definition) is 6. The van der Waals surface area contributed by atoms with Gasteiger partial charge in [-0.15, -0.1) is 0 Å². The number of nitrogens with one attached hydrogen (secondary N) is 1. The Hall–Kier alpha value is -2.27. The number of ether oxygens (including phenoxy) is 1. The van der Waals surface area contributed by atoms with Crippen LogP contribution >= 0.6 is 34.5 Å². The van der Waals surface area contributed by atoms with Crippen LogP contribution in [0, 0.1) is 11.6 Å². The lowest BCUT2D eigenvalue weighted by Gasteiger charge is -2.20. The summed E-state index contributed by atoms with van der Waals surface area (Å²) < 4.78 is 58.4. The molecule has 1 fully saturated rings. The van der Waals surface area contributed by atoms with Crippen molar-refractivity contribution in [3.63, 3.8) is 0 Å². The maximum absolute atomic E-state index is 14.2. The summed E-state index contributed by atoms with van der Waals surface area (Å²) in [5.41, 5.74) is 0.161. The minimum Gasteiger partial charge on any atom is -0.473 e. The molecule has 2 aromatic carbocycles. The number of nitrogens with zero attached hydrogens (tertiary/aromatic N) is 1. The van der Waals surface area contributed by atoms with E-state index in [1.54, 1.807) is 0 Å². The van der Waals surface area contributed by atoms with E-state index in [2.05, 4.69) is 10.3 Å². The smallest absolute Gasteiger partial charge is 0.271 e. The van der Waals surface area contributed by atoms with Gasteiger partial charge in [0.05, 0.1) is 21.4 Å². The third kappa shape index (κ3) is 4.88. The van der Waals surface area contributed by atoms with Crippen molar-refractivity contribution >= 4 is 55.4 Å². The van der Waals surface area contributed by atoms with Crippen LogP contribution in [-0.2, 0) is 14.6 Å². The number of anilines is 1. The Kier molecular flexibility index (Phi) is 6.39. The summed E-state index contributed by atoms with van der Waals surface area (Å²) in [6.07, 6.45) is 1.02. The van der Waals surface area contributed by atoms with Crippen LogP contribution in [0.5, 0.6) is 5.75 Å². The van der Waals surface area contributed by atoms with E-state index < -0.39 is 38.7 Å². The van der Waals surface area contributed by atoms with Crippen LogP contribution in [0.15, 0.2) is 47.5 Å². The van der Waals surface area contributed by atoms with E-state index in [9.17, 15) is 22.0 Å². The van der Waals surface area contributed by atoms with Crippen molar-refractivity contribution in [2.45, 2.75) is 29.1 Å². The molecular formula is C20H14Cl2F2N2O4S2. The highest BCUT2D eigenvalue weighted by atomic mass is 35.5. The van der Waals surface area contributed by atoms with E-state index in [1.807, 2.05) is 0 Å². The van der Waals surface area contributed by atoms with Gasteiger partial charge in [-0.3, -0.25) is 10.1 Å². The van der Waals surface area contributed by atoms with Crippen molar-refractivity contribution in [3.05, 3.63) is 69.2 Å². The minimum atomic E-state index is -3.57. The van der Waals surface area contributed by atoms with Gasteiger partial charge in [-0.1, -0.05) is 40.6 Å². The third-order valence-corrected chi connectivity index (χ3v) is 8.39.